The largest absolute Gasteiger partial charge is 0.495 e. The van der Waals surface area contributed by atoms with Crippen LogP contribution in [0.25, 0.3) is 10.8 Å². The normalized spacial score (nSPS) is 14.1. The Bertz CT molecular complexity index is 1100. The van der Waals surface area contributed by atoms with Crippen molar-refractivity contribution >= 4 is 39.4 Å². The summed E-state index contributed by atoms with van der Waals surface area (Å²) in [7, 11) is 1.58. The molecule has 1 N–H and O–H groups in total. The van der Waals surface area contributed by atoms with Gasteiger partial charge in [-0.25, -0.2) is 0 Å². The maximum absolute atomic E-state index is 12.4. The van der Waals surface area contributed by atoms with Crippen LogP contribution < -0.4 is 15.0 Å². The Morgan fingerprint density at radius 2 is 2.03 bits per heavy atom. The number of nitrogens with zero attached hydrogens (tertiary/aromatic N) is 3. The smallest absolute Gasteiger partial charge is 0.278 e. The minimum Gasteiger partial charge on any atom is -0.495 e. The third kappa shape index (κ3) is 3.56. The number of anilines is 3. The van der Waals surface area contributed by atoms with Gasteiger partial charge in [-0.15, -0.1) is 0 Å². The number of carbonyl (C=O) groups is 1. The second kappa shape index (κ2) is 7.75. The highest BCUT2D eigenvalue weighted by atomic mass is 16.6. The average Bonchev–Trinajstić information content (AvgIpc) is 2.74. The van der Waals surface area contributed by atoms with Gasteiger partial charge in [0.05, 0.1) is 23.1 Å². The molecule has 1 aliphatic heterocycles. The molecule has 1 fully saturated rings. The summed E-state index contributed by atoms with van der Waals surface area (Å²) in [4.78, 5) is 29.1. The summed E-state index contributed by atoms with van der Waals surface area (Å²) in [5.74, 6) is 0.710. The van der Waals surface area contributed by atoms with E-state index in [1.54, 1.807) is 30.3 Å². The van der Waals surface area contributed by atoms with E-state index in [-0.39, 0.29) is 11.6 Å². The average molecular weight is 392 g/mol. The molecule has 1 saturated heterocycles. The van der Waals surface area contributed by atoms with Gasteiger partial charge in [-0.2, -0.15) is 0 Å². The molecule has 29 heavy (non-hydrogen) atoms. The van der Waals surface area contributed by atoms with Gasteiger partial charge in [-0.1, -0.05) is 0 Å². The maximum Gasteiger partial charge on any atom is 0.278 e. The molecule has 4 rings (SSSR count). The first-order chi connectivity index (χ1) is 14.1. The quantitative estimate of drug-likeness (QED) is 0.510. The number of benzene rings is 2. The summed E-state index contributed by atoms with van der Waals surface area (Å²) in [5, 5.41) is 15.8. The van der Waals surface area contributed by atoms with E-state index in [0.29, 0.717) is 35.2 Å². The predicted molar refractivity (Wildman–Crippen MR) is 111 cm³/mol. The number of nitro groups is 1. The summed E-state index contributed by atoms with van der Waals surface area (Å²) < 4.78 is 5.46. The number of carbonyl (C=O) groups excluding carboxylic acids is 1. The second-order valence-corrected chi connectivity index (χ2v) is 6.82. The van der Waals surface area contributed by atoms with Gasteiger partial charge in [-0.05, 0) is 43.2 Å². The lowest BCUT2D eigenvalue weighted by molar-refractivity contribution is -0.383. The zero-order valence-electron chi connectivity index (χ0n) is 15.9. The number of fused-ring (bicyclic) bond motifs is 1. The Morgan fingerprint density at radius 3 is 2.79 bits per heavy atom. The third-order valence-electron chi connectivity index (χ3n) is 5.06. The van der Waals surface area contributed by atoms with Crippen LogP contribution in [0.15, 0.2) is 48.8 Å². The molecule has 2 aromatic carbocycles. The van der Waals surface area contributed by atoms with Crippen LogP contribution in [0, 0.1) is 10.1 Å². The lowest BCUT2D eigenvalue weighted by Gasteiger charge is -2.28. The third-order valence-corrected chi connectivity index (χ3v) is 5.06. The molecule has 0 saturated carbocycles. The highest BCUT2D eigenvalue weighted by molar-refractivity contribution is 6.01. The van der Waals surface area contributed by atoms with Crippen LogP contribution >= 0.6 is 0 Å². The van der Waals surface area contributed by atoms with Gasteiger partial charge < -0.3 is 15.0 Å². The number of ether oxygens (including phenoxy) is 1. The van der Waals surface area contributed by atoms with E-state index in [4.69, 9.17) is 4.74 Å². The molecule has 0 radical (unpaired) electrons. The monoisotopic (exact) mass is 392 g/mol. The van der Waals surface area contributed by atoms with E-state index >= 15 is 0 Å². The van der Waals surface area contributed by atoms with E-state index < -0.39 is 4.92 Å². The first kappa shape index (κ1) is 18.7. The molecule has 0 aliphatic carbocycles. The molecule has 8 nitrogen and oxygen atoms in total. The second-order valence-electron chi connectivity index (χ2n) is 6.82. The van der Waals surface area contributed by atoms with Crippen molar-refractivity contribution in [3.8, 4) is 5.75 Å². The number of methoxy groups -OCH3 is 1. The topological polar surface area (TPSA) is 97.6 Å². The Balaban J connectivity index is 1.74. The van der Waals surface area contributed by atoms with Gasteiger partial charge in [0.2, 0.25) is 5.91 Å². The number of rotatable bonds is 5. The molecule has 1 aliphatic rings. The highest BCUT2D eigenvalue weighted by Gasteiger charge is 2.23. The molecule has 1 amide bonds. The lowest BCUT2D eigenvalue weighted by atomic mass is 10.1. The van der Waals surface area contributed by atoms with Gasteiger partial charge in [0, 0.05) is 48.2 Å². The van der Waals surface area contributed by atoms with Crippen molar-refractivity contribution in [2.24, 2.45) is 0 Å². The fourth-order valence-corrected chi connectivity index (χ4v) is 3.64. The molecule has 148 valence electrons. The number of pyridine rings is 1. The molecule has 0 atom stereocenters. The molecule has 3 aromatic rings. The van der Waals surface area contributed by atoms with Gasteiger partial charge >= 0.3 is 0 Å². The molecule has 0 unspecified atom stereocenters. The van der Waals surface area contributed by atoms with Crippen molar-refractivity contribution in [1.29, 1.82) is 0 Å². The van der Waals surface area contributed by atoms with Crippen molar-refractivity contribution in [1.82, 2.24) is 4.98 Å². The first-order valence-corrected chi connectivity index (χ1v) is 9.35. The van der Waals surface area contributed by atoms with Crippen molar-refractivity contribution in [3.63, 3.8) is 0 Å². The molecular formula is C21H20N4O4. The van der Waals surface area contributed by atoms with Gasteiger partial charge in [0.15, 0.2) is 0 Å². The van der Waals surface area contributed by atoms with Crippen molar-refractivity contribution in [3.05, 3.63) is 58.9 Å². The van der Waals surface area contributed by atoms with Crippen LogP contribution in [0.2, 0.25) is 0 Å². The Hall–Kier alpha value is -3.68. The molecular weight excluding hydrogens is 372 g/mol. The fraction of sp³-hybridized carbons (Fsp3) is 0.238. The summed E-state index contributed by atoms with van der Waals surface area (Å²) in [6, 6.07) is 10.4. The highest BCUT2D eigenvalue weighted by Crippen LogP contribution is 2.37. The van der Waals surface area contributed by atoms with Gasteiger partial charge in [-0.3, -0.25) is 19.9 Å². The van der Waals surface area contributed by atoms with E-state index in [1.807, 2.05) is 18.2 Å². The summed E-state index contributed by atoms with van der Waals surface area (Å²) in [5.41, 5.74) is 2.20. The minimum absolute atomic E-state index is 0.00739. The Morgan fingerprint density at radius 1 is 1.17 bits per heavy atom. The Kier molecular flexibility index (Phi) is 4.99. The number of hydrogen-bond donors (Lipinski definition) is 1. The van der Waals surface area contributed by atoms with E-state index in [0.717, 1.165) is 24.2 Å². The summed E-state index contributed by atoms with van der Waals surface area (Å²) in [6.07, 6.45) is 5.47. The summed E-state index contributed by atoms with van der Waals surface area (Å²) in [6.45, 7) is 0.658. The number of amides is 1. The number of aromatic nitrogens is 1. The summed E-state index contributed by atoms with van der Waals surface area (Å²) >= 11 is 0. The molecule has 0 bridgehead atoms. The molecule has 8 heteroatoms. The lowest BCUT2D eigenvalue weighted by Crippen LogP contribution is -2.35. The van der Waals surface area contributed by atoms with Crippen molar-refractivity contribution in [2.45, 2.75) is 19.3 Å². The molecule has 1 aromatic heterocycles. The first-order valence-electron chi connectivity index (χ1n) is 9.35. The van der Waals surface area contributed by atoms with Crippen LogP contribution in [-0.4, -0.2) is 29.5 Å². The van der Waals surface area contributed by atoms with Crippen molar-refractivity contribution in [2.75, 3.05) is 23.9 Å². The number of nitro benzene ring substituents is 1. The molecule has 2 heterocycles. The Labute approximate surface area is 167 Å². The van der Waals surface area contributed by atoms with Crippen LogP contribution in [0.1, 0.15) is 19.3 Å². The van der Waals surface area contributed by atoms with Gasteiger partial charge in [0.25, 0.3) is 5.69 Å². The molecule has 0 spiro atoms. The number of nitrogens with one attached hydrogen (secondary N) is 1. The van der Waals surface area contributed by atoms with E-state index in [2.05, 4.69) is 10.3 Å². The van der Waals surface area contributed by atoms with Crippen LogP contribution in [0.5, 0.6) is 5.75 Å². The van der Waals surface area contributed by atoms with Crippen LogP contribution in [0.4, 0.5) is 22.7 Å². The zero-order chi connectivity index (χ0) is 20.4. The SMILES string of the molecule is COc1ccc(Nc2ccc([N+](=O)[O-])c3cnccc23)cc1N1CCCCC1=O. The number of non-ortho nitro benzene ring substituents is 1. The van der Waals surface area contributed by atoms with Crippen LogP contribution in [-0.2, 0) is 4.79 Å². The van der Waals surface area contributed by atoms with Crippen LogP contribution in [0.3, 0.4) is 0 Å². The van der Waals surface area contributed by atoms with Gasteiger partial charge in [0.1, 0.15) is 5.75 Å². The fourth-order valence-electron chi connectivity index (χ4n) is 3.64. The minimum atomic E-state index is -0.415. The van der Waals surface area contributed by atoms with E-state index in [1.165, 1.54) is 12.3 Å². The standard InChI is InChI=1S/C21H20N4O4/c1-29-20-8-5-14(12-19(20)24-11-3-2-4-21(24)26)23-17-6-7-18(25(27)28)16-13-22-10-9-15(16)17/h5-10,12-13,23H,2-4,11H2,1H3. The van der Waals surface area contributed by atoms with E-state index in [9.17, 15) is 14.9 Å². The maximum atomic E-state index is 12.4. The zero-order valence-corrected chi connectivity index (χ0v) is 15.9. The number of hydrogen-bond acceptors (Lipinski definition) is 6. The predicted octanol–water partition coefficient (Wildman–Crippen LogP) is 4.41. The number of piperidine rings is 1. The van der Waals surface area contributed by atoms with Crippen molar-refractivity contribution < 1.29 is 14.5 Å².